The summed E-state index contributed by atoms with van der Waals surface area (Å²) in [7, 11) is 0. The zero-order valence-corrected chi connectivity index (χ0v) is 12.2. The van der Waals surface area contributed by atoms with Crippen LogP contribution in [0.5, 0.6) is 5.75 Å². The van der Waals surface area contributed by atoms with E-state index in [1.165, 1.54) is 6.08 Å². The largest absolute Gasteiger partial charge is 0.494 e. The zero-order chi connectivity index (χ0) is 13.9. The predicted molar refractivity (Wildman–Crippen MR) is 80.6 cm³/mol. The van der Waals surface area contributed by atoms with Gasteiger partial charge in [0.15, 0.2) is 0 Å². The Morgan fingerprint density at radius 3 is 2.63 bits per heavy atom. The number of benzene rings is 1. The Labute approximate surface area is 119 Å². The van der Waals surface area contributed by atoms with Gasteiger partial charge < -0.3 is 9.47 Å². The Morgan fingerprint density at radius 1 is 1.26 bits per heavy atom. The molecule has 0 unspecified atom stereocenters. The Bertz CT molecular complexity index is 398. The van der Waals surface area contributed by atoms with E-state index in [9.17, 15) is 4.79 Å². The fourth-order valence-electron chi connectivity index (χ4n) is 1.40. The maximum atomic E-state index is 11.4. The van der Waals surface area contributed by atoms with Crippen LogP contribution in [0.1, 0.15) is 19.4 Å². The second-order valence-corrected chi connectivity index (χ2v) is 5.09. The van der Waals surface area contributed by atoms with Crippen LogP contribution in [0.25, 0.3) is 6.08 Å². The summed E-state index contributed by atoms with van der Waals surface area (Å²) < 4.78 is 10.4. The van der Waals surface area contributed by atoms with Crippen LogP contribution >= 0.6 is 11.8 Å². The molecule has 0 amide bonds. The highest BCUT2D eigenvalue weighted by Gasteiger charge is 1.97. The van der Waals surface area contributed by atoms with E-state index >= 15 is 0 Å². The van der Waals surface area contributed by atoms with Gasteiger partial charge in [-0.15, -0.1) is 0 Å². The lowest BCUT2D eigenvalue weighted by atomic mass is 10.2. The van der Waals surface area contributed by atoms with Crippen molar-refractivity contribution in [1.29, 1.82) is 0 Å². The summed E-state index contributed by atoms with van der Waals surface area (Å²) in [5, 5.41) is 0. The predicted octanol–water partition coefficient (Wildman–Crippen LogP) is 3.39. The molecule has 0 atom stereocenters. The van der Waals surface area contributed by atoms with Crippen molar-refractivity contribution in [1.82, 2.24) is 0 Å². The molecular formula is C15H20O3S. The van der Waals surface area contributed by atoms with Gasteiger partial charge in [0.25, 0.3) is 0 Å². The van der Waals surface area contributed by atoms with Crippen molar-refractivity contribution in [2.24, 2.45) is 0 Å². The minimum Gasteiger partial charge on any atom is -0.494 e. The fourth-order valence-corrected chi connectivity index (χ4v) is 1.89. The molecule has 0 heterocycles. The summed E-state index contributed by atoms with van der Waals surface area (Å²) in [6.07, 6.45) is 3.19. The molecule has 0 saturated heterocycles. The van der Waals surface area contributed by atoms with E-state index in [0.29, 0.717) is 13.2 Å². The van der Waals surface area contributed by atoms with Crippen LogP contribution in [0.4, 0.5) is 0 Å². The van der Waals surface area contributed by atoms with Gasteiger partial charge in [-0.2, -0.15) is 11.8 Å². The van der Waals surface area contributed by atoms with Gasteiger partial charge >= 0.3 is 5.97 Å². The standard InChI is InChI=1S/C15H20O3S/c1-3-17-14-8-5-13(6-9-14)7-10-15(16)18-11-12-19-4-2/h5-10H,3-4,11-12H2,1-2H3/b10-7+. The van der Waals surface area contributed by atoms with E-state index in [1.54, 1.807) is 17.8 Å². The number of thioether (sulfide) groups is 1. The molecule has 4 heteroatoms. The molecule has 19 heavy (non-hydrogen) atoms. The fraction of sp³-hybridized carbons (Fsp3) is 0.400. The minimum atomic E-state index is -0.300. The highest BCUT2D eigenvalue weighted by Crippen LogP contribution is 2.13. The third-order valence-electron chi connectivity index (χ3n) is 2.28. The summed E-state index contributed by atoms with van der Waals surface area (Å²) in [4.78, 5) is 11.4. The molecule has 3 nitrogen and oxygen atoms in total. The molecule has 0 aliphatic rings. The number of carbonyl (C=O) groups excluding carboxylic acids is 1. The van der Waals surface area contributed by atoms with Gasteiger partial charge in [0, 0.05) is 11.8 Å². The summed E-state index contributed by atoms with van der Waals surface area (Å²) in [6, 6.07) is 7.57. The highest BCUT2D eigenvalue weighted by atomic mass is 32.2. The van der Waals surface area contributed by atoms with Crippen LogP contribution in [0.2, 0.25) is 0 Å². The molecular weight excluding hydrogens is 260 g/mol. The first-order valence-corrected chi connectivity index (χ1v) is 7.57. The first-order chi connectivity index (χ1) is 9.26. The van der Waals surface area contributed by atoms with Crippen LogP contribution < -0.4 is 4.74 Å². The number of carbonyl (C=O) groups is 1. The molecule has 1 aromatic carbocycles. The van der Waals surface area contributed by atoms with Gasteiger partial charge in [-0.1, -0.05) is 19.1 Å². The lowest BCUT2D eigenvalue weighted by Crippen LogP contribution is -2.04. The third kappa shape index (κ3) is 6.91. The quantitative estimate of drug-likeness (QED) is 0.415. The lowest BCUT2D eigenvalue weighted by molar-refractivity contribution is -0.137. The van der Waals surface area contributed by atoms with Crippen molar-refractivity contribution in [2.45, 2.75) is 13.8 Å². The van der Waals surface area contributed by atoms with E-state index in [4.69, 9.17) is 9.47 Å². The van der Waals surface area contributed by atoms with E-state index in [1.807, 2.05) is 31.2 Å². The van der Waals surface area contributed by atoms with Crippen molar-refractivity contribution in [3.63, 3.8) is 0 Å². The molecule has 0 aromatic heterocycles. The zero-order valence-electron chi connectivity index (χ0n) is 11.4. The smallest absolute Gasteiger partial charge is 0.330 e. The molecule has 0 spiro atoms. The monoisotopic (exact) mass is 280 g/mol. The average Bonchev–Trinajstić information content (AvgIpc) is 2.43. The average molecular weight is 280 g/mol. The van der Waals surface area contributed by atoms with E-state index in [0.717, 1.165) is 22.8 Å². The first-order valence-electron chi connectivity index (χ1n) is 6.41. The van der Waals surface area contributed by atoms with Gasteiger partial charge in [-0.05, 0) is 36.4 Å². The maximum absolute atomic E-state index is 11.4. The van der Waals surface area contributed by atoms with Crippen molar-refractivity contribution >= 4 is 23.8 Å². The molecule has 0 saturated carbocycles. The van der Waals surface area contributed by atoms with E-state index in [2.05, 4.69) is 6.92 Å². The number of esters is 1. The number of hydrogen-bond donors (Lipinski definition) is 0. The molecule has 0 aliphatic heterocycles. The second-order valence-electron chi connectivity index (χ2n) is 3.70. The molecule has 1 rings (SSSR count). The normalized spacial score (nSPS) is 10.6. The summed E-state index contributed by atoms with van der Waals surface area (Å²) in [5.41, 5.74) is 0.948. The van der Waals surface area contributed by atoms with Crippen LogP contribution in [0, 0.1) is 0 Å². The van der Waals surface area contributed by atoms with Crippen molar-refractivity contribution in [2.75, 3.05) is 24.7 Å². The molecule has 1 aromatic rings. The minimum absolute atomic E-state index is 0.300. The van der Waals surface area contributed by atoms with Crippen LogP contribution in [-0.4, -0.2) is 30.7 Å². The number of ether oxygens (including phenoxy) is 2. The summed E-state index contributed by atoms with van der Waals surface area (Å²) >= 11 is 1.76. The van der Waals surface area contributed by atoms with Gasteiger partial charge in [-0.3, -0.25) is 0 Å². The molecule has 104 valence electrons. The second kappa shape index (κ2) is 9.50. The lowest BCUT2D eigenvalue weighted by Gasteiger charge is -2.02. The Kier molecular flexibility index (Phi) is 7.82. The molecule has 0 fully saturated rings. The number of hydrogen-bond acceptors (Lipinski definition) is 4. The van der Waals surface area contributed by atoms with Crippen LogP contribution in [0.3, 0.4) is 0 Å². The van der Waals surface area contributed by atoms with Gasteiger partial charge in [-0.25, -0.2) is 4.79 Å². The maximum Gasteiger partial charge on any atom is 0.330 e. The number of rotatable bonds is 8. The van der Waals surface area contributed by atoms with Crippen LogP contribution in [-0.2, 0) is 9.53 Å². The molecule has 0 radical (unpaired) electrons. The summed E-state index contributed by atoms with van der Waals surface area (Å²) in [5.74, 6) is 2.42. The molecule has 0 N–H and O–H groups in total. The van der Waals surface area contributed by atoms with E-state index < -0.39 is 0 Å². The van der Waals surface area contributed by atoms with Gasteiger partial charge in [0.2, 0.25) is 0 Å². The van der Waals surface area contributed by atoms with Crippen molar-refractivity contribution < 1.29 is 14.3 Å². The Balaban J connectivity index is 2.36. The molecule has 0 bridgehead atoms. The highest BCUT2D eigenvalue weighted by molar-refractivity contribution is 7.99. The topological polar surface area (TPSA) is 35.5 Å². The van der Waals surface area contributed by atoms with Crippen molar-refractivity contribution in [3.8, 4) is 5.75 Å². The van der Waals surface area contributed by atoms with Gasteiger partial charge in [0.05, 0.1) is 6.61 Å². The Hall–Kier alpha value is -1.42. The van der Waals surface area contributed by atoms with Gasteiger partial charge in [0.1, 0.15) is 12.4 Å². The van der Waals surface area contributed by atoms with Crippen LogP contribution in [0.15, 0.2) is 30.3 Å². The van der Waals surface area contributed by atoms with Crippen molar-refractivity contribution in [3.05, 3.63) is 35.9 Å². The third-order valence-corrected chi connectivity index (χ3v) is 3.14. The Morgan fingerprint density at radius 2 is 2.00 bits per heavy atom. The van der Waals surface area contributed by atoms with E-state index in [-0.39, 0.29) is 5.97 Å². The molecule has 0 aliphatic carbocycles. The first kappa shape index (κ1) is 15.6. The SMILES string of the molecule is CCOc1ccc(/C=C/C(=O)OCCSCC)cc1. The summed E-state index contributed by atoms with van der Waals surface area (Å²) in [6.45, 7) is 5.14.